The molecule has 236 valence electrons. The van der Waals surface area contributed by atoms with E-state index < -0.39 is 21.8 Å². The number of aromatic nitrogens is 2. The van der Waals surface area contributed by atoms with E-state index in [4.69, 9.17) is 14.0 Å². The lowest BCUT2D eigenvalue weighted by atomic mass is 10.1. The van der Waals surface area contributed by atoms with Gasteiger partial charge in [0.25, 0.3) is 16.0 Å². The molecule has 0 atom stereocenters. The Kier molecular flexibility index (Phi) is 9.84. The minimum Gasteiger partial charge on any atom is -0.493 e. The number of ether oxygens (including phenoxy) is 2. The van der Waals surface area contributed by atoms with Gasteiger partial charge in [0.2, 0.25) is 5.91 Å². The lowest BCUT2D eigenvalue weighted by Crippen LogP contribution is -2.38. The molecule has 0 saturated carbocycles. The van der Waals surface area contributed by atoms with Crippen LogP contribution in [0.1, 0.15) is 39.9 Å². The lowest BCUT2D eigenvalue weighted by Gasteiger charge is -2.31. The van der Waals surface area contributed by atoms with Crippen molar-refractivity contribution in [3.63, 3.8) is 0 Å². The summed E-state index contributed by atoms with van der Waals surface area (Å²) >= 11 is 0. The van der Waals surface area contributed by atoms with Gasteiger partial charge in [-0.25, -0.2) is 0 Å². The van der Waals surface area contributed by atoms with Gasteiger partial charge in [0, 0.05) is 35.9 Å². The highest BCUT2D eigenvalue weighted by atomic mass is 32.2. The number of hydrogen-bond donors (Lipinski definition) is 2. The van der Waals surface area contributed by atoms with Crippen LogP contribution >= 0.6 is 0 Å². The molecule has 0 unspecified atom stereocenters. The van der Waals surface area contributed by atoms with Gasteiger partial charge in [0.1, 0.15) is 12.4 Å². The largest absolute Gasteiger partial charge is 0.493 e. The normalized spacial score (nSPS) is 12.7. The summed E-state index contributed by atoms with van der Waals surface area (Å²) in [5.41, 5.74) is 5.82. The zero-order chi connectivity index (χ0) is 32.0. The Bertz CT molecular complexity index is 1800. The standard InChI is InChI=1S/C33H36N4O7S/c1-23-7-3-12-30(24(23)2)43-16-6-13-31(38)37-15-17-44-32-28(10-5-11-29(32)37)27-20-35-36(22-27)21-25-8-4-9-26(19-25)33(39)34-14-18-45(40,41)42/h3-5,7-12,19-20,22H,6,13-18,21H2,1-2H3,(H,34,39)(H,40,41,42). The first-order valence-corrected chi connectivity index (χ1v) is 16.3. The Morgan fingerprint density at radius 2 is 1.89 bits per heavy atom. The summed E-state index contributed by atoms with van der Waals surface area (Å²) in [7, 11) is -4.16. The molecule has 12 heteroatoms. The second-order valence-corrected chi connectivity index (χ2v) is 12.4. The summed E-state index contributed by atoms with van der Waals surface area (Å²) < 4.78 is 44.4. The van der Waals surface area contributed by atoms with Gasteiger partial charge in [0.15, 0.2) is 5.75 Å². The molecule has 3 aromatic carbocycles. The first-order valence-electron chi connectivity index (χ1n) is 14.7. The number of fused-ring (bicyclic) bond motifs is 1. The molecule has 11 nitrogen and oxygen atoms in total. The topological polar surface area (TPSA) is 140 Å². The fraction of sp³-hybridized carbons (Fsp3) is 0.303. The number of nitrogens with zero attached hydrogens (tertiary/aromatic N) is 3. The summed E-state index contributed by atoms with van der Waals surface area (Å²) in [5.74, 6) is 0.487. The molecule has 2 amide bonds. The van der Waals surface area contributed by atoms with E-state index in [1.54, 1.807) is 34.0 Å². The third-order valence-corrected chi connectivity index (χ3v) is 8.34. The molecule has 4 aromatic rings. The van der Waals surface area contributed by atoms with Crippen LogP contribution < -0.4 is 19.7 Å². The van der Waals surface area contributed by atoms with Crippen molar-refractivity contribution in [2.75, 3.05) is 37.0 Å². The predicted molar refractivity (Wildman–Crippen MR) is 170 cm³/mol. The smallest absolute Gasteiger partial charge is 0.266 e. The molecule has 0 spiro atoms. The first-order chi connectivity index (χ1) is 21.6. The molecule has 45 heavy (non-hydrogen) atoms. The molecule has 0 bridgehead atoms. The number of rotatable bonds is 12. The van der Waals surface area contributed by atoms with E-state index in [9.17, 15) is 18.0 Å². The number of benzene rings is 3. The Balaban J connectivity index is 1.22. The number of hydrogen-bond acceptors (Lipinski definition) is 7. The molecular weight excluding hydrogens is 596 g/mol. The van der Waals surface area contributed by atoms with Crippen molar-refractivity contribution in [3.05, 3.63) is 95.3 Å². The summed E-state index contributed by atoms with van der Waals surface area (Å²) in [6.07, 6.45) is 4.56. The summed E-state index contributed by atoms with van der Waals surface area (Å²) in [6, 6.07) is 18.6. The molecule has 1 aliphatic heterocycles. The van der Waals surface area contributed by atoms with E-state index in [-0.39, 0.29) is 12.5 Å². The Morgan fingerprint density at radius 1 is 1.09 bits per heavy atom. The Morgan fingerprint density at radius 3 is 2.71 bits per heavy atom. The van der Waals surface area contributed by atoms with Gasteiger partial charge in [-0.3, -0.25) is 18.8 Å². The highest BCUT2D eigenvalue weighted by molar-refractivity contribution is 7.85. The monoisotopic (exact) mass is 632 g/mol. The van der Waals surface area contributed by atoms with Crippen LogP contribution in [0.25, 0.3) is 11.1 Å². The number of para-hydroxylation sites is 1. The minimum absolute atomic E-state index is 0.0128. The number of carbonyl (C=O) groups is 2. The van der Waals surface area contributed by atoms with Crippen LogP contribution in [0.2, 0.25) is 0 Å². The quantitative estimate of drug-likeness (QED) is 0.173. The van der Waals surface area contributed by atoms with Gasteiger partial charge >= 0.3 is 0 Å². The van der Waals surface area contributed by atoms with Gasteiger partial charge in [-0.15, -0.1) is 0 Å². The second kappa shape index (κ2) is 14.0. The number of carbonyl (C=O) groups excluding carboxylic acids is 2. The Hall–Kier alpha value is -4.68. The van der Waals surface area contributed by atoms with Crippen molar-refractivity contribution < 1.29 is 32.0 Å². The number of aryl methyl sites for hydroxylation is 1. The number of nitrogens with one attached hydrogen (secondary N) is 1. The van der Waals surface area contributed by atoms with Crippen molar-refractivity contribution in [1.82, 2.24) is 15.1 Å². The van der Waals surface area contributed by atoms with E-state index in [2.05, 4.69) is 10.4 Å². The van der Waals surface area contributed by atoms with E-state index >= 15 is 0 Å². The second-order valence-electron chi connectivity index (χ2n) is 10.9. The van der Waals surface area contributed by atoms with Crippen LogP contribution in [-0.2, 0) is 21.5 Å². The minimum atomic E-state index is -4.16. The SMILES string of the molecule is Cc1cccc(OCCCC(=O)N2CCOc3c(-c4cnn(Cc5cccc(C(=O)NCCS(=O)(=O)O)c5)c4)cccc32)c1C. The van der Waals surface area contributed by atoms with E-state index in [0.29, 0.717) is 50.5 Å². The molecule has 0 radical (unpaired) electrons. The van der Waals surface area contributed by atoms with Crippen molar-refractivity contribution in [2.24, 2.45) is 0 Å². The van der Waals surface area contributed by atoms with Crippen LogP contribution in [0.3, 0.4) is 0 Å². The van der Waals surface area contributed by atoms with Crippen LogP contribution in [0, 0.1) is 13.8 Å². The Labute approximate surface area is 262 Å². The molecule has 2 N–H and O–H groups in total. The molecule has 2 heterocycles. The molecular formula is C33H36N4O7S. The first kappa shape index (κ1) is 31.7. The van der Waals surface area contributed by atoms with Gasteiger partial charge in [-0.05, 0) is 61.2 Å². The average molecular weight is 633 g/mol. The van der Waals surface area contributed by atoms with E-state index in [0.717, 1.165) is 33.7 Å². The third-order valence-electron chi connectivity index (χ3n) is 7.62. The van der Waals surface area contributed by atoms with Gasteiger partial charge in [0.05, 0.1) is 37.3 Å². The highest BCUT2D eigenvalue weighted by Crippen LogP contribution is 2.40. The molecule has 1 aromatic heterocycles. The third kappa shape index (κ3) is 8.08. The fourth-order valence-electron chi connectivity index (χ4n) is 5.14. The molecule has 0 aliphatic carbocycles. The van der Waals surface area contributed by atoms with Crippen LogP contribution in [0.15, 0.2) is 73.1 Å². The summed E-state index contributed by atoms with van der Waals surface area (Å²) in [6.45, 7) is 5.56. The van der Waals surface area contributed by atoms with Crippen molar-refractivity contribution in [2.45, 2.75) is 33.2 Å². The highest BCUT2D eigenvalue weighted by Gasteiger charge is 2.26. The van der Waals surface area contributed by atoms with Gasteiger partial charge in [-0.1, -0.05) is 36.4 Å². The molecule has 5 rings (SSSR count). The van der Waals surface area contributed by atoms with Gasteiger partial charge < -0.3 is 19.7 Å². The number of amides is 2. The van der Waals surface area contributed by atoms with Crippen LogP contribution in [0.5, 0.6) is 11.5 Å². The maximum Gasteiger partial charge on any atom is 0.266 e. The zero-order valence-electron chi connectivity index (χ0n) is 25.2. The van der Waals surface area contributed by atoms with Crippen molar-refractivity contribution >= 4 is 27.6 Å². The van der Waals surface area contributed by atoms with E-state index in [1.165, 1.54) is 5.56 Å². The fourth-order valence-corrected chi connectivity index (χ4v) is 5.50. The average Bonchev–Trinajstić information content (AvgIpc) is 3.48. The van der Waals surface area contributed by atoms with Crippen molar-refractivity contribution in [3.8, 4) is 22.6 Å². The predicted octanol–water partition coefficient (Wildman–Crippen LogP) is 4.42. The van der Waals surface area contributed by atoms with E-state index in [1.807, 2.05) is 62.5 Å². The van der Waals surface area contributed by atoms with Crippen molar-refractivity contribution in [1.29, 1.82) is 0 Å². The maximum absolute atomic E-state index is 13.3. The maximum atomic E-state index is 13.3. The molecule has 1 aliphatic rings. The molecule has 0 saturated heterocycles. The number of anilines is 1. The summed E-state index contributed by atoms with van der Waals surface area (Å²) in [4.78, 5) is 27.5. The van der Waals surface area contributed by atoms with Gasteiger partial charge in [-0.2, -0.15) is 13.5 Å². The van der Waals surface area contributed by atoms with Crippen LogP contribution in [-0.4, -0.2) is 66.6 Å². The van der Waals surface area contributed by atoms with Crippen LogP contribution in [0.4, 0.5) is 5.69 Å². The zero-order valence-corrected chi connectivity index (χ0v) is 26.0. The lowest BCUT2D eigenvalue weighted by molar-refractivity contribution is -0.119. The summed E-state index contributed by atoms with van der Waals surface area (Å²) in [5, 5.41) is 6.99. The molecule has 0 fully saturated rings.